The highest BCUT2D eigenvalue weighted by molar-refractivity contribution is 5.07. The second-order valence-corrected chi connectivity index (χ2v) is 6.18. The molecule has 3 rings (SSSR count). The molecule has 0 aliphatic carbocycles. The van der Waals surface area contributed by atoms with Gasteiger partial charge < -0.3 is 4.90 Å². The van der Waals surface area contributed by atoms with Crippen LogP contribution in [-0.2, 0) is 26.7 Å². The van der Waals surface area contributed by atoms with Gasteiger partial charge in [-0.05, 0) is 26.6 Å². The highest BCUT2D eigenvalue weighted by atomic mass is 15.3. The first-order chi connectivity index (χ1) is 10.1. The Balaban J connectivity index is 1.80. The van der Waals surface area contributed by atoms with Gasteiger partial charge in [-0.15, -0.1) is 0 Å². The van der Waals surface area contributed by atoms with E-state index in [4.69, 9.17) is 0 Å². The molecular formula is C15H24N6. The molecule has 3 heterocycles. The Kier molecular flexibility index (Phi) is 4.07. The summed E-state index contributed by atoms with van der Waals surface area (Å²) in [6.07, 6.45) is 7.11. The lowest BCUT2D eigenvalue weighted by Crippen LogP contribution is -2.40. The van der Waals surface area contributed by atoms with Crippen LogP contribution >= 0.6 is 0 Å². The van der Waals surface area contributed by atoms with Crippen molar-refractivity contribution >= 4 is 0 Å². The molecule has 2 aromatic heterocycles. The van der Waals surface area contributed by atoms with Crippen molar-refractivity contribution in [2.24, 2.45) is 7.05 Å². The van der Waals surface area contributed by atoms with E-state index in [1.807, 2.05) is 24.1 Å². The molecule has 114 valence electrons. The Morgan fingerprint density at radius 1 is 1.33 bits per heavy atom. The summed E-state index contributed by atoms with van der Waals surface area (Å²) in [5, 5.41) is 8.72. The minimum atomic E-state index is 0.543. The molecule has 21 heavy (non-hydrogen) atoms. The van der Waals surface area contributed by atoms with Crippen LogP contribution in [0, 0.1) is 0 Å². The van der Waals surface area contributed by atoms with Gasteiger partial charge in [-0.3, -0.25) is 14.3 Å². The van der Waals surface area contributed by atoms with Crippen LogP contribution in [0.4, 0.5) is 0 Å². The summed E-state index contributed by atoms with van der Waals surface area (Å²) in [5.74, 6) is 0. The number of aromatic nitrogens is 4. The molecule has 6 heteroatoms. The van der Waals surface area contributed by atoms with Gasteiger partial charge in [0.1, 0.15) is 0 Å². The van der Waals surface area contributed by atoms with Crippen molar-refractivity contribution in [2.75, 3.05) is 20.6 Å². The lowest BCUT2D eigenvalue weighted by atomic mass is 10.1. The Morgan fingerprint density at radius 3 is 2.90 bits per heavy atom. The van der Waals surface area contributed by atoms with Gasteiger partial charge in [0.25, 0.3) is 0 Å². The summed E-state index contributed by atoms with van der Waals surface area (Å²) in [7, 11) is 6.26. The zero-order chi connectivity index (χ0) is 14.8. The molecule has 0 fully saturated rings. The van der Waals surface area contributed by atoms with E-state index < -0.39 is 0 Å². The molecule has 2 aromatic rings. The van der Waals surface area contributed by atoms with Gasteiger partial charge in [-0.2, -0.15) is 10.2 Å². The van der Waals surface area contributed by atoms with Crippen molar-refractivity contribution in [3.05, 3.63) is 35.9 Å². The molecular weight excluding hydrogens is 264 g/mol. The van der Waals surface area contributed by atoms with Gasteiger partial charge in [-0.25, -0.2) is 0 Å². The molecule has 0 N–H and O–H groups in total. The van der Waals surface area contributed by atoms with Gasteiger partial charge in [0.2, 0.25) is 0 Å². The Hall–Kier alpha value is -1.66. The Labute approximate surface area is 126 Å². The lowest BCUT2D eigenvalue weighted by Gasteiger charge is -2.31. The number of likely N-dealkylation sites (N-methyl/N-ethyl adjacent to an activating group) is 1. The average molecular weight is 288 g/mol. The molecule has 0 saturated carbocycles. The van der Waals surface area contributed by atoms with Crippen LogP contribution in [0.25, 0.3) is 0 Å². The van der Waals surface area contributed by atoms with Crippen LogP contribution in [-0.4, -0.2) is 56.0 Å². The van der Waals surface area contributed by atoms with Crippen LogP contribution in [0.15, 0.2) is 24.7 Å². The van der Waals surface area contributed by atoms with Crippen molar-refractivity contribution in [3.63, 3.8) is 0 Å². The summed E-state index contributed by atoms with van der Waals surface area (Å²) in [6.45, 7) is 3.97. The van der Waals surface area contributed by atoms with E-state index in [0.717, 1.165) is 32.6 Å². The second kappa shape index (κ2) is 5.99. The zero-order valence-electron chi connectivity index (χ0n) is 13.1. The first-order valence-corrected chi connectivity index (χ1v) is 7.49. The fourth-order valence-electron chi connectivity index (χ4n) is 3.09. The van der Waals surface area contributed by atoms with E-state index in [9.17, 15) is 0 Å². The van der Waals surface area contributed by atoms with Crippen LogP contribution < -0.4 is 0 Å². The predicted molar refractivity (Wildman–Crippen MR) is 81.6 cm³/mol. The number of fused-ring (bicyclic) bond motifs is 1. The molecule has 0 spiro atoms. The monoisotopic (exact) mass is 288 g/mol. The minimum Gasteiger partial charge on any atom is -0.308 e. The van der Waals surface area contributed by atoms with E-state index >= 15 is 0 Å². The third kappa shape index (κ3) is 3.33. The normalized spacial score (nSPS) is 19.7. The van der Waals surface area contributed by atoms with E-state index in [1.165, 1.54) is 11.3 Å². The number of hydrogen-bond donors (Lipinski definition) is 0. The van der Waals surface area contributed by atoms with E-state index in [2.05, 4.69) is 51.0 Å². The standard InChI is InChI=1S/C15H24N6/c1-18(2)11-14-5-7-21-15(4-6-16-21)12-20(14)10-13-8-17-19(3)9-13/h4,6,8-9,14H,5,7,10-12H2,1-3H3. The smallest absolute Gasteiger partial charge is 0.0534 e. The van der Waals surface area contributed by atoms with Crippen LogP contribution in [0.1, 0.15) is 17.7 Å². The van der Waals surface area contributed by atoms with Crippen molar-refractivity contribution < 1.29 is 0 Å². The van der Waals surface area contributed by atoms with E-state index in [-0.39, 0.29) is 0 Å². The SMILES string of the molecule is CN(C)CC1CCn2nccc2CN1Cc1cnn(C)c1. The lowest BCUT2D eigenvalue weighted by molar-refractivity contribution is 0.143. The largest absolute Gasteiger partial charge is 0.308 e. The third-order valence-electron chi connectivity index (χ3n) is 4.08. The van der Waals surface area contributed by atoms with E-state index in [1.54, 1.807) is 0 Å². The molecule has 1 aliphatic heterocycles. The fourth-order valence-corrected chi connectivity index (χ4v) is 3.09. The van der Waals surface area contributed by atoms with Gasteiger partial charge in [0.15, 0.2) is 0 Å². The van der Waals surface area contributed by atoms with Gasteiger partial charge in [0.05, 0.1) is 11.9 Å². The Bertz CT molecular complexity index is 585. The van der Waals surface area contributed by atoms with E-state index in [0.29, 0.717) is 6.04 Å². The van der Waals surface area contributed by atoms with Crippen molar-refractivity contribution in [1.29, 1.82) is 0 Å². The number of rotatable bonds is 4. The molecule has 0 radical (unpaired) electrons. The average Bonchev–Trinajstić information content (AvgIpc) is 3.00. The minimum absolute atomic E-state index is 0.543. The molecule has 6 nitrogen and oxygen atoms in total. The molecule has 0 amide bonds. The molecule has 0 saturated heterocycles. The molecule has 0 aromatic carbocycles. The summed E-state index contributed by atoms with van der Waals surface area (Å²) in [6, 6.07) is 2.68. The maximum Gasteiger partial charge on any atom is 0.0534 e. The van der Waals surface area contributed by atoms with Crippen molar-refractivity contribution in [1.82, 2.24) is 29.4 Å². The fraction of sp³-hybridized carbons (Fsp3) is 0.600. The third-order valence-corrected chi connectivity index (χ3v) is 4.08. The van der Waals surface area contributed by atoms with Gasteiger partial charge in [-0.1, -0.05) is 0 Å². The number of aryl methyl sites for hydroxylation is 2. The van der Waals surface area contributed by atoms with Gasteiger partial charge in [0, 0.05) is 57.2 Å². The van der Waals surface area contributed by atoms with Crippen LogP contribution in [0.2, 0.25) is 0 Å². The summed E-state index contributed by atoms with van der Waals surface area (Å²) in [4.78, 5) is 4.83. The summed E-state index contributed by atoms with van der Waals surface area (Å²) in [5.41, 5.74) is 2.58. The van der Waals surface area contributed by atoms with Crippen molar-refractivity contribution in [2.45, 2.75) is 32.1 Å². The topological polar surface area (TPSA) is 42.1 Å². The van der Waals surface area contributed by atoms with Gasteiger partial charge >= 0.3 is 0 Å². The maximum absolute atomic E-state index is 4.44. The predicted octanol–water partition coefficient (Wildman–Crippen LogP) is 0.953. The second-order valence-electron chi connectivity index (χ2n) is 6.18. The van der Waals surface area contributed by atoms with Crippen molar-refractivity contribution in [3.8, 4) is 0 Å². The highest BCUT2D eigenvalue weighted by Crippen LogP contribution is 2.20. The highest BCUT2D eigenvalue weighted by Gasteiger charge is 2.24. The molecule has 1 unspecified atom stereocenters. The maximum atomic E-state index is 4.44. The summed E-state index contributed by atoms with van der Waals surface area (Å²) >= 11 is 0. The summed E-state index contributed by atoms with van der Waals surface area (Å²) < 4.78 is 4.02. The number of hydrogen-bond acceptors (Lipinski definition) is 4. The zero-order valence-corrected chi connectivity index (χ0v) is 13.1. The van der Waals surface area contributed by atoms with Crippen LogP contribution in [0.5, 0.6) is 0 Å². The number of nitrogens with zero attached hydrogens (tertiary/aromatic N) is 6. The Morgan fingerprint density at radius 2 is 2.19 bits per heavy atom. The molecule has 1 atom stereocenters. The quantitative estimate of drug-likeness (QED) is 0.840. The molecule has 1 aliphatic rings. The molecule has 0 bridgehead atoms. The van der Waals surface area contributed by atoms with Crippen LogP contribution in [0.3, 0.4) is 0 Å². The first kappa shape index (κ1) is 14.3. The first-order valence-electron chi connectivity index (χ1n) is 7.49.